The lowest BCUT2D eigenvalue weighted by molar-refractivity contribution is -0.385. The summed E-state index contributed by atoms with van der Waals surface area (Å²) in [6, 6.07) is 8.11. The molecule has 0 saturated carbocycles. The number of carbonyl (C=O) groups excluding carboxylic acids is 2. The maximum absolute atomic E-state index is 13.3. The molecule has 0 radical (unpaired) electrons. The molecule has 2 aromatic carbocycles. The van der Waals surface area contributed by atoms with Crippen LogP contribution in [0.25, 0.3) is 0 Å². The van der Waals surface area contributed by atoms with E-state index in [1.807, 2.05) is 20.8 Å². The van der Waals surface area contributed by atoms with Crippen LogP contribution in [-0.4, -0.2) is 47.9 Å². The minimum atomic E-state index is -0.761. The predicted molar refractivity (Wildman–Crippen MR) is 134 cm³/mol. The van der Waals surface area contributed by atoms with Gasteiger partial charge < -0.3 is 19.7 Å². The molecule has 0 aliphatic carbocycles. The molecule has 0 bridgehead atoms. The molecular weight excluding hydrogens is 497 g/mol. The lowest BCUT2D eigenvalue weighted by Crippen LogP contribution is -2.50. The largest absolute Gasteiger partial charge is 0.490 e. The Morgan fingerprint density at radius 2 is 1.89 bits per heavy atom. The Kier molecular flexibility index (Phi) is 10.6. The fourth-order valence-corrected chi connectivity index (χ4v) is 3.77. The highest BCUT2D eigenvalue weighted by atomic mass is 35.5. The number of halogens is 2. The first kappa shape index (κ1) is 28.2. The van der Waals surface area contributed by atoms with E-state index in [9.17, 15) is 19.7 Å². The van der Waals surface area contributed by atoms with E-state index in [1.165, 1.54) is 30.2 Å². The second-order valence-corrected chi connectivity index (χ2v) is 9.04. The summed E-state index contributed by atoms with van der Waals surface area (Å²) in [7, 11) is 1.30. The van der Waals surface area contributed by atoms with Crippen LogP contribution >= 0.6 is 23.2 Å². The van der Waals surface area contributed by atoms with Gasteiger partial charge in [-0.05, 0) is 36.1 Å². The van der Waals surface area contributed by atoms with Crippen LogP contribution in [0.4, 0.5) is 5.69 Å². The highest BCUT2D eigenvalue weighted by Gasteiger charge is 2.29. The molecule has 0 saturated heterocycles. The second kappa shape index (κ2) is 13.2. The van der Waals surface area contributed by atoms with Gasteiger partial charge in [0.05, 0.1) is 12.0 Å². The molecule has 11 heteroatoms. The van der Waals surface area contributed by atoms with Gasteiger partial charge in [-0.1, -0.05) is 50.0 Å². The molecule has 9 nitrogen and oxygen atoms in total. The zero-order valence-electron chi connectivity index (χ0n) is 20.0. The van der Waals surface area contributed by atoms with Crippen LogP contribution in [0, 0.1) is 16.0 Å². The van der Waals surface area contributed by atoms with Crippen LogP contribution in [-0.2, 0) is 16.1 Å². The van der Waals surface area contributed by atoms with Gasteiger partial charge in [0, 0.05) is 35.3 Å². The number of carbonyl (C=O) groups is 2. The topological polar surface area (TPSA) is 111 Å². The summed E-state index contributed by atoms with van der Waals surface area (Å²) in [5, 5.41) is 14.8. The molecule has 2 rings (SSSR count). The average molecular weight is 526 g/mol. The van der Waals surface area contributed by atoms with Gasteiger partial charge in [0.1, 0.15) is 11.8 Å². The zero-order chi connectivity index (χ0) is 26.1. The van der Waals surface area contributed by atoms with Gasteiger partial charge in [-0.3, -0.25) is 19.7 Å². The number of methoxy groups -OCH3 is 1. The minimum absolute atomic E-state index is 0.00393. The molecule has 0 unspecified atom stereocenters. The number of benzene rings is 2. The Bertz CT molecular complexity index is 1060. The predicted octanol–water partition coefficient (Wildman–Crippen LogP) is 4.87. The van der Waals surface area contributed by atoms with E-state index in [4.69, 9.17) is 32.7 Å². The van der Waals surface area contributed by atoms with Gasteiger partial charge in [-0.15, -0.1) is 0 Å². The van der Waals surface area contributed by atoms with Crippen molar-refractivity contribution >= 4 is 40.7 Å². The van der Waals surface area contributed by atoms with Crippen LogP contribution < -0.4 is 14.8 Å². The molecule has 0 spiro atoms. The summed E-state index contributed by atoms with van der Waals surface area (Å²) in [6.45, 7) is 5.90. The van der Waals surface area contributed by atoms with Crippen LogP contribution in [0.3, 0.4) is 0 Å². The van der Waals surface area contributed by atoms with E-state index in [-0.39, 0.29) is 35.6 Å². The number of nitro groups is 1. The van der Waals surface area contributed by atoms with Crippen molar-refractivity contribution < 1.29 is 24.0 Å². The lowest BCUT2D eigenvalue weighted by Gasteiger charge is -2.31. The highest BCUT2D eigenvalue weighted by molar-refractivity contribution is 6.35. The van der Waals surface area contributed by atoms with E-state index < -0.39 is 23.5 Å². The molecule has 0 aliphatic rings. The SMILES string of the molecule is CC[C@H](C(=O)NCC(C)C)N(Cc1ccc(Cl)cc1Cl)C(=O)COc1ccc([N+](=O)[O-])c(OC)c1. The third kappa shape index (κ3) is 8.00. The van der Waals surface area contributed by atoms with E-state index >= 15 is 0 Å². The number of ether oxygens (including phenoxy) is 2. The molecule has 0 aliphatic heterocycles. The number of amides is 2. The van der Waals surface area contributed by atoms with Gasteiger partial charge in [0.2, 0.25) is 11.7 Å². The number of nitro benzene ring substituents is 1. The van der Waals surface area contributed by atoms with Crippen molar-refractivity contribution in [3.8, 4) is 11.5 Å². The van der Waals surface area contributed by atoms with Gasteiger partial charge in [0.15, 0.2) is 6.61 Å². The zero-order valence-corrected chi connectivity index (χ0v) is 21.6. The fraction of sp³-hybridized carbons (Fsp3) is 0.417. The first-order valence-electron chi connectivity index (χ1n) is 11.0. The number of hydrogen-bond donors (Lipinski definition) is 1. The highest BCUT2D eigenvalue weighted by Crippen LogP contribution is 2.31. The van der Waals surface area contributed by atoms with Gasteiger partial charge in [-0.2, -0.15) is 0 Å². The Balaban J connectivity index is 2.27. The first-order chi connectivity index (χ1) is 16.6. The number of nitrogens with zero attached hydrogens (tertiary/aromatic N) is 2. The molecule has 35 heavy (non-hydrogen) atoms. The number of rotatable bonds is 12. The van der Waals surface area contributed by atoms with E-state index in [0.29, 0.717) is 28.6 Å². The summed E-state index contributed by atoms with van der Waals surface area (Å²) < 4.78 is 10.6. The van der Waals surface area contributed by atoms with E-state index in [1.54, 1.807) is 18.2 Å². The Hall–Kier alpha value is -3.04. The van der Waals surface area contributed by atoms with Crippen molar-refractivity contribution in [3.05, 3.63) is 62.1 Å². The first-order valence-corrected chi connectivity index (χ1v) is 11.8. The summed E-state index contributed by atoms with van der Waals surface area (Å²) in [5.74, 6) is -0.282. The molecule has 0 aromatic heterocycles. The molecule has 190 valence electrons. The Morgan fingerprint density at radius 3 is 2.46 bits per heavy atom. The number of nitrogens with one attached hydrogen (secondary N) is 1. The summed E-state index contributed by atoms with van der Waals surface area (Å²) in [4.78, 5) is 38.2. The van der Waals surface area contributed by atoms with Crippen LogP contribution in [0.5, 0.6) is 11.5 Å². The fourth-order valence-electron chi connectivity index (χ4n) is 3.30. The van der Waals surface area contributed by atoms with Gasteiger partial charge >= 0.3 is 5.69 Å². The maximum Gasteiger partial charge on any atom is 0.311 e. The summed E-state index contributed by atoms with van der Waals surface area (Å²) in [5.41, 5.74) is 0.398. The van der Waals surface area contributed by atoms with E-state index in [0.717, 1.165) is 0 Å². The van der Waals surface area contributed by atoms with Crippen molar-refractivity contribution in [1.29, 1.82) is 0 Å². The summed E-state index contributed by atoms with van der Waals surface area (Å²) >= 11 is 12.3. The van der Waals surface area contributed by atoms with Gasteiger partial charge in [-0.25, -0.2) is 0 Å². The van der Waals surface area contributed by atoms with E-state index in [2.05, 4.69) is 5.32 Å². The van der Waals surface area contributed by atoms with Crippen LogP contribution in [0.2, 0.25) is 10.0 Å². The lowest BCUT2D eigenvalue weighted by atomic mass is 10.1. The van der Waals surface area contributed by atoms with Gasteiger partial charge in [0.25, 0.3) is 5.91 Å². The van der Waals surface area contributed by atoms with Crippen molar-refractivity contribution in [1.82, 2.24) is 10.2 Å². The standard InChI is InChI=1S/C24H29Cl2N3O6/c1-5-20(24(31)27-12-15(2)3)28(13-16-6-7-17(25)10-19(16)26)23(30)14-35-18-8-9-21(29(32)33)22(11-18)34-4/h6-11,15,20H,5,12-14H2,1-4H3,(H,27,31)/t20-/m1/s1. The quantitative estimate of drug-likeness (QED) is 0.312. The molecular formula is C24H29Cl2N3O6. The second-order valence-electron chi connectivity index (χ2n) is 8.20. The average Bonchev–Trinajstić information content (AvgIpc) is 2.81. The number of hydrogen-bond acceptors (Lipinski definition) is 6. The van der Waals surface area contributed by atoms with Crippen molar-refractivity contribution in [2.24, 2.45) is 5.92 Å². The molecule has 1 N–H and O–H groups in total. The summed E-state index contributed by atoms with van der Waals surface area (Å²) in [6.07, 6.45) is 0.367. The van der Waals surface area contributed by atoms with Crippen LogP contribution in [0.15, 0.2) is 36.4 Å². The smallest absolute Gasteiger partial charge is 0.311 e. The molecule has 0 heterocycles. The van der Waals surface area contributed by atoms with Crippen molar-refractivity contribution in [3.63, 3.8) is 0 Å². The van der Waals surface area contributed by atoms with Crippen molar-refractivity contribution in [2.45, 2.75) is 39.8 Å². The molecule has 2 amide bonds. The van der Waals surface area contributed by atoms with Crippen LogP contribution in [0.1, 0.15) is 32.8 Å². The maximum atomic E-state index is 13.3. The molecule has 2 aromatic rings. The molecule has 1 atom stereocenters. The Labute approximate surface area is 214 Å². The third-order valence-corrected chi connectivity index (χ3v) is 5.72. The third-order valence-electron chi connectivity index (χ3n) is 5.14. The Morgan fingerprint density at radius 1 is 1.17 bits per heavy atom. The normalized spacial score (nSPS) is 11.6. The van der Waals surface area contributed by atoms with Crippen molar-refractivity contribution in [2.75, 3.05) is 20.3 Å². The molecule has 0 fully saturated rings. The minimum Gasteiger partial charge on any atom is -0.490 e. The monoisotopic (exact) mass is 525 g/mol.